The number of rotatable bonds is 8. The molecule has 1 amide bonds. The Balaban J connectivity index is 1.47. The van der Waals surface area contributed by atoms with Gasteiger partial charge in [0, 0.05) is 31.3 Å². The van der Waals surface area contributed by atoms with Gasteiger partial charge < -0.3 is 21.5 Å². The SMILES string of the molecule is Nc1ncc(-c2cccc(CN[C@H]3CCc4ccccc43)c2)nc1C(=O)NCCCO. The molecule has 5 N–H and O–H groups in total. The van der Waals surface area contributed by atoms with E-state index in [0.717, 1.165) is 30.5 Å². The number of carbonyl (C=O) groups excluding carboxylic acids is 1. The van der Waals surface area contributed by atoms with Crippen LogP contribution in [0.3, 0.4) is 0 Å². The second kappa shape index (κ2) is 9.68. The Hall–Kier alpha value is -3.29. The second-order valence-electron chi connectivity index (χ2n) is 7.69. The summed E-state index contributed by atoms with van der Waals surface area (Å²) in [4.78, 5) is 21.0. The molecule has 0 fully saturated rings. The number of hydrogen-bond donors (Lipinski definition) is 4. The molecular formula is C24H27N5O2. The minimum atomic E-state index is -0.391. The van der Waals surface area contributed by atoms with Crippen molar-refractivity contribution in [3.8, 4) is 11.3 Å². The van der Waals surface area contributed by atoms with Gasteiger partial charge in [0.15, 0.2) is 11.5 Å². The van der Waals surface area contributed by atoms with Gasteiger partial charge in [0.1, 0.15) is 0 Å². The van der Waals surface area contributed by atoms with Gasteiger partial charge in [0.25, 0.3) is 5.91 Å². The number of aryl methyl sites for hydroxylation is 1. The summed E-state index contributed by atoms with van der Waals surface area (Å²) in [6, 6.07) is 17.0. The number of nitrogens with two attached hydrogens (primary N) is 1. The van der Waals surface area contributed by atoms with Gasteiger partial charge in [-0.1, -0.05) is 42.5 Å². The number of amides is 1. The van der Waals surface area contributed by atoms with Crippen molar-refractivity contribution < 1.29 is 9.90 Å². The van der Waals surface area contributed by atoms with Gasteiger partial charge in [-0.25, -0.2) is 9.97 Å². The van der Waals surface area contributed by atoms with Crippen molar-refractivity contribution in [3.05, 3.63) is 77.1 Å². The average molecular weight is 418 g/mol. The summed E-state index contributed by atoms with van der Waals surface area (Å²) < 4.78 is 0. The van der Waals surface area contributed by atoms with Gasteiger partial charge in [-0.05, 0) is 42.0 Å². The predicted octanol–water partition coefficient (Wildman–Crippen LogP) is 2.62. The zero-order valence-corrected chi connectivity index (χ0v) is 17.3. The van der Waals surface area contributed by atoms with Crippen LogP contribution in [-0.2, 0) is 13.0 Å². The number of aliphatic hydroxyl groups is 1. The van der Waals surface area contributed by atoms with E-state index in [1.807, 2.05) is 12.1 Å². The first-order chi connectivity index (χ1) is 15.2. The fraction of sp³-hybridized carbons (Fsp3) is 0.292. The number of nitrogens with one attached hydrogen (secondary N) is 2. The monoisotopic (exact) mass is 417 g/mol. The van der Waals surface area contributed by atoms with Crippen LogP contribution in [0.5, 0.6) is 0 Å². The van der Waals surface area contributed by atoms with Crippen LogP contribution in [-0.4, -0.2) is 34.1 Å². The summed E-state index contributed by atoms with van der Waals surface area (Å²) in [7, 11) is 0. The third-order valence-corrected chi connectivity index (χ3v) is 5.54. The van der Waals surface area contributed by atoms with Crippen molar-refractivity contribution in [2.24, 2.45) is 0 Å². The molecule has 4 rings (SSSR count). The maximum atomic E-state index is 12.4. The highest BCUT2D eigenvalue weighted by Crippen LogP contribution is 2.31. The molecule has 1 aliphatic carbocycles. The first kappa shape index (κ1) is 21.0. The molecule has 0 aliphatic heterocycles. The number of nitrogens with zero attached hydrogens (tertiary/aromatic N) is 2. The predicted molar refractivity (Wildman–Crippen MR) is 120 cm³/mol. The summed E-state index contributed by atoms with van der Waals surface area (Å²) in [5, 5.41) is 15.2. The van der Waals surface area contributed by atoms with E-state index in [4.69, 9.17) is 10.8 Å². The third kappa shape index (κ3) is 4.90. The summed E-state index contributed by atoms with van der Waals surface area (Å²) in [5.41, 5.74) is 11.4. The Labute approximate surface area is 181 Å². The second-order valence-corrected chi connectivity index (χ2v) is 7.69. The van der Waals surface area contributed by atoms with E-state index < -0.39 is 5.91 Å². The van der Waals surface area contributed by atoms with Crippen LogP contribution in [0.4, 0.5) is 5.82 Å². The van der Waals surface area contributed by atoms with E-state index in [0.29, 0.717) is 24.7 Å². The molecule has 0 radical (unpaired) electrons. The molecule has 1 atom stereocenters. The van der Waals surface area contributed by atoms with Gasteiger partial charge in [0.2, 0.25) is 0 Å². The summed E-state index contributed by atoms with van der Waals surface area (Å²) >= 11 is 0. The van der Waals surface area contributed by atoms with Crippen LogP contribution in [0.25, 0.3) is 11.3 Å². The maximum Gasteiger partial charge on any atom is 0.273 e. The zero-order valence-electron chi connectivity index (χ0n) is 17.3. The molecule has 3 aromatic rings. The Bertz CT molecular complexity index is 1070. The molecule has 0 saturated heterocycles. The first-order valence-corrected chi connectivity index (χ1v) is 10.6. The van der Waals surface area contributed by atoms with Crippen LogP contribution < -0.4 is 16.4 Å². The fourth-order valence-electron chi connectivity index (χ4n) is 3.92. The number of benzene rings is 2. The third-order valence-electron chi connectivity index (χ3n) is 5.54. The first-order valence-electron chi connectivity index (χ1n) is 10.6. The lowest BCUT2D eigenvalue weighted by atomic mass is 10.1. The normalized spacial score (nSPS) is 14.9. The van der Waals surface area contributed by atoms with Crippen molar-refractivity contribution >= 4 is 11.7 Å². The van der Waals surface area contributed by atoms with E-state index >= 15 is 0 Å². The Morgan fingerprint density at radius 2 is 2.06 bits per heavy atom. The van der Waals surface area contributed by atoms with Gasteiger partial charge in [0.05, 0.1) is 11.9 Å². The standard InChI is InChI=1S/C24H27N5O2/c25-23-22(24(31)26-11-4-12-30)29-21(15-28-23)18-7-3-5-16(13-18)14-27-20-10-9-17-6-1-2-8-19(17)20/h1-3,5-8,13,15,20,27,30H,4,9-12,14H2,(H2,25,28)(H,26,31)/t20-/m0/s1. The van der Waals surface area contributed by atoms with Gasteiger partial charge in [-0.2, -0.15) is 0 Å². The summed E-state index contributed by atoms with van der Waals surface area (Å²) in [6.45, 7) is 1.10. The Kier molecular flexibility index (Phi) is 6.54. The molecule has 7 heteroatoms. The fourth-order valence-corrected chi connectivity index (χ4v) is 3.92. The minimum Gasteiger partial charge on any atom is -0.396 e. The number of nitrogen functional groups attached to an aromatic ring is 1. The van der Waals surface area contributed by atoms with Crippen molar-refractivity contribution in [1.82, 2.24) is 20.6 Å². The van der Waals surface area contributed by atoms with E-state index in [1.165, 1.54) is 11.1 Å². The molecule has 0 spiro atoms. The number of hydrogen-bond acceptors (Lipinski definition) is 6. The molecule has 31 heavy (non-hydrogen) atoms. The lowest BCUT2D eigenvalue weighted by molar-refractivity contribution is 0.0947. The molecule has 0 bridgehead atoms. The topological polar surface area (TPSA) is 113 Å². The minimum absolute atomic E-state index is 0.00868. The van der Waals surface area contributed by atoms with Crippen molar-refractivity contribution in [1.29, 1.82) is 0 Å². The van der Waals surface area contributed by atoms with Crippen LogP contribution in [0.15, 0.2) is 54.7 Å². The molecule has 1 aliphatic rings. The number of anilines is 1. The van der Waals surface area contributed by atoms with Crippen molar-refractivity contribution in [2.75, 3.05) is 18.9 Å². The van der Waals surface area contributed by atoms with Crippen LogP contribution in [0.1, 0.15) is 46.1 Å². The van der Waals surface area contributed by atoms with Crippen LogP contribution in [0.2, 0.25) is 0 Å². The van der Waals surface area contributed by atoms with E-state index in [1.54, 1.807) is 6.20 Å². The van der Waals surface area contributed by atoms with E-state index in [2.05, 4.69) is 57.0 Å². The lowest BCUT2D eigenvalue weighted by Gasteiger charge is -2.15. The maximum absolute atomic E-state index is 12.4. The number of aliphatic hydroxyl groups excluding tert-OH is 1. The highest BCUT2D eigenvalue weighted by Gasteiger charge is 2.21. The van der Waals surface area contributed by atoms with Crippen molar-refractivity contribution in [3.63, 3.8) is 0 Å². The highest BCUT2D eigenvalue weighted by atomic mass is 16.3. The van der Waals surface area contributed by atoms with Gasteiger partial charge in [-0.15, -0.1) is 0 Å². The molecule has 7 nitrogen and oxygen atoms in total. The Morgan fingerprint density at radius 1 is 1.19 bits per heavy atom. The van der Waals surface area contributed by atoms with Gasteiger partial charge >= 0.3 is 0 Å². The van der Waals surface area contributed by atoms with Gasteiger partial charge in [-0.3, -0.25) is 4.79 Å². The summed E-state index contributed by atoms with van der Waals surface area (Å²) in [5.74, 6) is -0.305. The molecule has 160 valence electrons. The number of fused-ring (bicyclic) bond motifs is 1. The lowest BCUT2D eigenvalue weighted by Crippen LogP contribution is -2.27. The number of carbonyl (C=O) groups is 1. The smallest absolute Gasteiger partial charge is 0.273 e. The van der Waals surface area contributed by atoms with Crippen LogP contribution >= 0.6 is 0 Å². The highest BCUT2D eigenvalue weighted by molar-refractivity contribution is 5.96. The molecule has 2 aromatic carbocycles. The summed E-state index contributed by atoms with van der Waals surface area (Å²) in [6.07, 6.45) is 4.27. The van der Waals surface area contributed by atoms with Crippen LogP contribution in [0, 0.1) is 0 Å². The molecule has 1 aromatic heterocycles. The molecule has 1 heterocycles. The van der Waals surface area contributed by atoms with E-state index in [-0.39, 0.29) is 18.1 Å². The molecule has 0 unspecified atom stereocenters. The quantitative estimate of drug-likeness (QED) is 0.419. The molecular weight excluding hydrogens is 390 g/mol. The largest absolute Gasteiger partial charge is 0.396 e. The zero-order chi connectivity index (χ0) is 21.6. The average Bonchev–Trinajstić information content (AvgIpc) is 3.21. The van der Waals surface area contributed by atoms with Crippen molar-refractivity contribution in [2.45, 2.75) is 31.8 Å². The Morgan fingerprint density at radius 3 is 2.94 bits per heavy atom. The van der Waals surface area contributed by atoms with E-state index in [9.17, 15) is 4.79 Å². The number of aromatic nitrogens is 2. The molecule has 0 saturated carbocycles.